The average Bonchev–Trinajstić information content (AvgIpc) is 2.04. The van der Waals surface area contributed by atoms with Gasteiger partial charge in [-0.3, -0.25) is 0 Å². The molecule has 2 N–H and O–H groups in total. The van der Waals surface area contributed by atoms with Gasteiger partial charge in [-0.25, -0.2) is 0 Å². The van der Waals surface area contributed by atoms with Crippen LogP contribution in [0.2, 0.25) is 0 Å². The van der Waals surface area contributed by atoms with Gasteiger partial charge in [-0.1, -0.05) is 41.5 Å². The summed E-state index contributed by atoms with van der Waals surface area (Å²) < 4.78 is 0. The van der Waals surface area contributed by atoms with E-state index in [9.17, 15) is 10.2 Å². The predicted octanol–water partition coefficient (Wildman–Crippen LogP) is 4.35. The molecule has 2 nitrogen and oxygen atoms in total. The molecular weight excluding hydrogens is 200 g/mol. The van der Waals surface area contributed by atoms with E-state index in [1.54, 1.807) is 6.08 Å². The molecule has 1 atom stereocenters. The van der Waals surface area contributed by atoms with E-state index in [1.807, 2.05) is 20.8 Å². The summed E-state index contributed by atoms with van der Waals surface area (Å²) in [5.41, 5.74) is 0.698. The first kappa shape index (κ1) is 13.1. The van der Waals surface area contributed by atoms with Crippen LogP contribution in [0.25, 0.3) is 0 Å². The van der Waals surface area contributed by atoms with Gasteiger partial charge in [0.1, 0.15) is 0 Å². The Bertz CT molecular complexity index is 335. The molecule has 0 saturated heterocycles. The summed E-state index contributed by atoms with van der Waals surface area (Å²) in [5, 5.41) is 20.2. The van der Waals surface area contributed by atoms with Crippen molar-refractivity contribution in [2.45, 2.75) is 48.0 Å². The molecule has 1 aliphatic rings. The molecule has 0 bridgehead atoms. The van der Waals surface area contributed by atoms with E-state index in [-0.39, 0.29) is 16.7 Å². The van der Waals surface area contributed by atoms with Gasteiger partial charge in [-0.15, -0.1) is 0 Å². The summed E-state index contributed by atoms with van der Waals surface area (Å²) >= 11 is 0. The smallest absolute Gasteiger partial charge is 0.0968 e. The first-order chi connectivity index (χ1) is 7.03. The maximum atomic E-state index is 10.1. The summed E-state index contributed by atoms with van der Waals surface area (Å²) in [5.74, 6) is 0.832. The average molecular weight is 224 g/mol. The SMILES string of the molecule is CC(C)(C)C1=C(O)CC(C(C)(C)C)C(O)=C1. The van der Waals surface area contributed by atoms with Crippen molar-refractivity contribution in [1.29, 1.82) is 0 Å². The van der Waals surface area contributed by atoms with Crippen LogP contribution >= 0.6 is 0 Å². The van der Waals surface area contributed by atoms with Gasteiger partial charge in [0.15, 0.2) is 0 Å². The highest BCUT2D eigenvalue weighted by Gasteiger charge is 2.35. The fraction of sp³-hybridized carbons (Fsp3) is 0.714. The van der Waals surface area contributed by atoms with Crippen LogP contribution in [0, 0.1) is 16.7 Å². The molecule has 0 spiro atoms. The summed E-state index contributed by atoms with van der Waals surface area (Å²) in [7, 11) is 0. The molecule has 1 rings (SSSR count). The number of rotatable bonds is 0. The van der Waals surface area contributed by atoms with Crippen LogP contribution in [0.1, 0.15) is 48.0 Å². The molecule has 0 heterocycles. The van der Waals surface area contributed by atoms with Crippen molar-refractivity contribution in [3.63, 3.8) is 0 Å². The normalized spacial score (nSPS) is 23.4. The van der Waals surface area contributed by atoms with Crippen LogP contribution in [0.15, 0.2) is 23.2 Å². The maximum absolute atomic E-state index is 10.1. The highest BCUT2D eigenvalue weighted by Crippen LogP contribution is 2.42. The zero-order valence-electron chi connectivity index (χ0n) is 11.3. The lowest BCUT2D eigenvalue weighted by Gasteiger charge is -2.35. The maximum Gasteiger partial charge on any atom is 0.0968 e. The molecular formula is C14H24O2. The summed E-state index contributed by atoms with van der Waals surface area (Å²) in [6.07, 6.45) is 2.28. The van der Waals surface area contributed by atoms with Gasteiger partial charge in [0, 0.05) is 12.3 Å². The Hall–Kier alpha value is -0.920. The second-order valence-corrected chi connectivity index (χ2v) is 6.80. The third-order valence-corrected chi connectivity index (χ3v) is 3.21. The molecule has 0 aromatic carbocycles. The van der Waals surface area contributed by atoms with E-state index < -0.39 is 0 Å². The van der Waals surface area contributed by atoms with Crippen LogP contribution in [-0.4, -0.2) is 10.2 Å². The Kier molecular flexibility index (Phi) is 3.15. The number of hydrogen-bond donors (Lipinski definition) is 2. The second kappa shape index (κ2) is 3.83. The Morgan fingerprint density at radius 1 is 1.06 bits per heavy atom. The highest BCUT2D eigenvalue weighted by molar-refractivity contribution is 5.34. The van der Waals surface area contributed by atoms with Gasteiger partial charge in [-0.2, -0.15) is 0 Å². The molecule has 0 fully saturated rings. The van der Waals surface area contributed by atoms with Crippen LogP contribution in [0.5, 0.6) is 0 Å². The molecule has 0 amide bonds. The predicted molar refractivity (Wildman–Crippen MR) is 67.4 cm³/mol. The van der Waals surface area contributed by atoms with E-state index in [0.29, 0.717) is 17.9 Å². The molecule has 0 aliphatic heterocycles. The zero-order valence-corrected chi connectivity index (χ0v) is 11.3. The number of allylic oxidation sites excluding steroid dienone is 4. The largest absolute Gasteiger partial charge is 0.512 e. The van der Waals surface area contributed by atoms with Crippen LogP contribution in [-0.2, 0) is 0 Å². The molecule has 2 heteroatoms. The molecule has 0 saturated carbocycles. The topological polar surface area (TPSA) is 40.5 Å². The van der Waals surface area contributed by atoms with Gasteiger partial charge < -0.3 is 10.2 Å². The third-order valence-electron chi connectivity index (χ3n) is 3.21. The Labute approximate surface area is 98.7 Å². The first-order valence-corrected chi connectivity index (χ1v) is 5.86. The van der Waals surface area contributed by atoms with E-state index in [1.165, 1.54) is 0 Å². The van der Waals surface area contributed by atoms with Gasteiger partial charge in [-0.05, 0) is 22.5 Å². The highest BCUT2D eigenvalue weighted by atomic mass is 16.3. The molecule has 1 unspecified atom stereocenters. The van der Waals surface area contributed by atoms with Crippen LogP contribution in [0.3, 0.4) is 0 Å². The van der Waals surface area contributed by atoms with Crippen molar-refractivity contribution < 1.29 is 10.2 Å². The van der Waals surface area contributed by atoms with Gasteiger partial charge in [0.25, 0.3) is 0 Å². The fourth-order valence-electron chi connectivity index (χ4n) is 2.14. The van der Waals surface area contributed by atoms with E-state index >= 15 is 0 Å². The minimum absolute atomic E-state index is 0.0126. The van der Waals surface area contributed by atoms with Crippen molar-refractivity contribution >= 4 is 0 Å². The summed E-state index contributed by atoms with van der Waals surface area (Å²) in [4.78, 5) is 0. The minimum Gasteiger partial charge on any atom is -0.512 e. The van der Waals surface area contributed by atoms with Crippen LogP contribution < -0.4 is 0 Å². The number of aliphatic hydroxyl groups is 2. The first-order valence-electron chi connectivity index (χ1n) is 5.86. The molecule has 0 aromatic heterocycles. The van der Waals surface area contributed by atoms with E-state index in [2.05, 4.69) is 20.8 Å². The lowest BCUT2D eigenvalue weighted by atomic mass is 9.71. The Morgan fingerprint density at radius 2 is 1.56 bits per heavy atom. The summed E-state index contributed by atoms with van der Waals surface area (Å²) in [6, 6.07) is 0. The van der Waals surface area contributed by atoms with Crippen molar-refractivity contribution in [1.82, 2.24) is 0 Å². The number of hydrogen-bond acceptors (Lipinski definition) is 2. The van der Waals surface area contributed by atoms with Gasteiger partial charge in [0.05, 0.1) is 11.5 Å². The van der Waals surface area contributed by atoms with Crippen molar-refractivity contribution in [3.05, 3.63) is 23.2 Å². The molecule has 0 radical (unpaired) electrons. The number of aliphatic hydroxyl groups excluding tert-OH is 2. The van der Waals surface area contributed by atoms with Crippen LogP contribution in [0.4, 0.5) is 0 Å². The third kappa shape index (κ3) is 2.60. The fourth-order valence-corrected chi connectivity index (χ4v) is 2.14. The van der Waals surface area contributed by atoms with E-state index in [0.717, 1.165) is 5.57 Å². The van der Waals surface area contributed by atoms with Gasteiger partial charge in [0.2, 0.25) is 0 Å². The minimum atomic E-state index is -0.124. The van der Waals surface area contributed by atoms with Crippen molar-refractivity contribution in [3.8, 4) is 0 Å². The molecule has 16 heavy (non-hydrogen) atoms. The standard InChI is InChI=1S/C14H24O2/c1-13(2,3)9-7-12(16)10(8-11(9)15)14(4,5)6/h7,10,15-16H,8H2,1-6H3. The Balaban J connectivity index is 3.09. The molecule has 0 aromatic rings. The van der Waals surface area contributed by atoms with E-state index in [4.69, 9.17) is 0 Å². The lowest BCUT2D eigenvalue weighted by molar-refractivity contribution is 0.172. The van der Waals surface area contributed by atoms with Crippen molar-refractivity contribution in [2.75, 3.05) is 0 Å². The second-order valence-electron chi connectivity index (χ2n) is 6.80. The Morgan fingerprint density at radius 3 is 1.94 bits per heavy atom. The molecule has 1 aliphatic carbocycles. The lowest BCUT2D eigenvalue weighted by Crippen LogP contribution is -2.27. The monoisotopic (exact) mass is 224 g/mol. The summed E-state index contributed by atoms with van der Waals surface area (Å²) in [6.45, 7) is 12.4. The zero-order chi connectivity index (χ0) is 12.7. The molecule has 92 valence electrons. The quantitative estimate of drug-likeness (QED) is 0.642. The van der Waals surface area contributed by atoms with Crippen molar-refractivity contribution in [2.24, 2.45) is 16.7 Å². The van der Waals surface area contributed by atoms with Gasteiger partial charge >= 0.3 is 0 Å².